The number of benzene rings is 2. The Labute approximate surface area is 133 Å². The predicted octanol–water partition coefficient (Wildman–Crippen LogP) is 4.97. The average Bonchev–Trinajstić information content (AvgIpc) is 2.87. The fraction of sp³-hybridized carbons (Fsp3) is 0.0625. The smallest absolute Gasteiger partial charge is 0.358 e. The highest BCUT2D eigenvalue weighted by Crippen LogP contribution is 2.30. The molecule has 0 unspecified atom stereocenters. The molecule has 0 fully saturated rings. The van der Waals surface area contributed by atoms with Gasteiger partial charge in [0.2, 0.25) is 0 Å². The number of alkyl halides is 3. The summed E-state index contributed by atoms with van der Waals surface area (Å²) in [5.41, 5.74) is 0.0103. The summed E-state index contributed by atoms with van der Waals surface area (Å²) in [6.45, 7) is 0. The van der Waals surface area contributed by atoms with Gasteiger partial charge in [-0.05, 0) is 36.4 Å². The van der Waals surface area contributed by atoms with Gasteiger partial charge in [-0.25, -0.2) is 9.18 Å². The van der Waals surface area contributed by atoms with Gasteiger partial charge in [0, 0.05) is 23.0 Å². The van der Waals surface area contributed by atoms with Gasteiger partial charge in [0.05, 0.1) is 11.1 Å². The van der Waals surface area contributed by atoms with Crippen molar-refractivity contribution in [3.8, 4) is 0 Å². The number of hydrogen-bond donors (Lipinski definition) is 3. The summed E-state index contributed by atoms with van der Waals surface area (Å²) in [7, 11) is 0. The van der Waals surface area contributed by atoms with Crippen LogP contribution in [0.3, 0.4) is 0 Å². The van der Waals surface area contributed by atoms with E-state index in [-0.39, 0.29) is 5.69 Å². The van der Waals surface area contributed by atoms with Gasteiger partial charge in [-0.2, -0.15) is 13.2 Å². The van der Waals surface area contributed by atoms with Crippen molar-refractivity contribution in [3.05, 3.63) is 60.0 Å². The van der Waals surface area contributed by atoms with Crippen LogP contribution in [0.5, 0.6) is 0 Å². The first-order chi connectivity index (χ1) is 11.3. The van der Waals surface area contributed by atoms with Crippen molar-refractivity contribution in [2.45, 2.75) is 6.18 Å². The van der Waals surface area contributed by atoms with Gasteiger partial charge in [0.1, 0.15) is 5.82 Å². The van der Waals surface area contributed by atoms with Gasteiger partial charge < -0.3 is 15.6 Å². The maximum atomic E-state index is 13.3. The van der Waals surface area contributed by atoms with Gasteiger partial charge in [-0.15, -0.1) is 0 Å². The molecule has 124 valence electrons. The lowest BCUT2D eigenvalue weighted by Gasteiger charge is -2.11. The highest BCUT2D eigenvalue weighted by molar-refractivity contribution is 6.01. The molecule has 1 aromatic heterocycles. The van der Waals surface area contributed by atoms with Gasteiger partial charge in [0.15, 0.2) is 0 Å². The molecule has 0 atom stereocenters. The van der Waals surface area contributed by atoms with Crippen LogP contribution in [-0.2, 0) is 6.18 Å². The quantitative estimate of drug-likeness (QED) is 0.568. The van der Waals surface area contributed by atoms with E-state index in [9.17, 15) is 22.4 Å². The van der Waals surface area contributed by atoms with E-state index in [0.29, 0.717) is 16.6 Å². The SMILES string of the molecule is O=C(Nc1cccc(C(F)(F)F)c1)Nc1ccc2c(F)c[nH]c2c1. The Kier molecular flexibility index (Phi) is 3.88. The molecule has 8 heteroatoms. The molecular formula is C16H11F4N3O. The van der Waals surface area contributed by atoms with Crippen molar-refractivity contribution in [1.29, 1.82) is 0 Å². The summed E-state index contributed by atoms with van der Waals surface area (Å²) in [6, 6.07) is 8.08. The molecule has 1 heterocycles. The van der Waals surface area contributed by atoms with Crippen LogP contribution in [0, 0.1) is 5.82 Å². The molecule has 2 amide bonds. The second-order valence-corrected chi connectivity index (χ2v) is 5.05. The van der Waals surface area contributed by atoms with Crippen molar-refractivity contribution < 1.29 is 22.4 Å². The first-order valence-electron chi connectivity index (χ1n) is 6.85. The Hall–Kier alpha value is -3.03. The highest BCUT2D eigenvalue weighted by atomic mass is 19.4. The van der Waals surface area contributed by atoms with E-state index in [1.165, 1.54) is 36.5 Å². The second-order valence-electron chi connectivity index (χ2n) is 5.05. The third kappa shape index (κ3) is 3.32. The third-order valence-electron chi connectivity index (χ3n) is 3.34. The summed E-state index contributed by atoms with van der Waals surface area (Å²) in [5.74, 6) is -0.412. The Balaban J connectivity index is 1.73. The zero-order chi connectivity index (χ0) is 17.3. The highest BCUT2D eigenvalue weighted by Gasteiger charge is 2.30. The Morgan fingerprint density at radius 2 is 1.71 bits per heavy atom. The summed E-state index contributed by atoms with van der Waals surface area (Å²) >= 11 is 0. The number of carbonyl (C=O) groups excluding carboxylic acids is 1. The maximum absolute atomic E-state index is 13.3. The number of carbonyl (C=O) groups is 1. The summed E-state index contributed by atoms with van der Waals surface area (Å²) in [4.78, 5) is 14.6. The van der Waals surface area contributed by atoms with Crippen molar-refractivity contribution >= 4 is 28.3 Å². The minimum absolute atomic E-state index is 0.00863. The molecule has 0 saturated carbocycles. The number of H-pyrrole nitrogens is 1. The molecule has 3 N–H and O–H groups in total. The van der Waals surface area contributed by atoms with Crippen LogP contribution in [0.4, 0.5) is 33.7 Å². The number of aromatic amines is 1. The van der Waals surface area contributed by atoms with Crippen molar-refractivity contribution in [2.24, 2.45) is 0 Å². The fourth-order valence-electron chi connectivity index (χ4n) is 2.24. The number of urea groups is 1. The normalized spacial score (nSPS) is 11.5. The molecule has 0 bridgehead atoms. The molecule has 3 rings (SSSR count). The fourth-order valence-corrected chi connectivity index (χ4v) is 2.24. The average molecular weight is 337 g/mol. The Morgan fingerprint density at radius 1 is 1.00 bits per heavy atom. The number of nitrogens with one attached hydrogen (secondary N) is 3. The second kappa shape index (κ2) is 5.88. The van der Waals surface area contributed by atoms with E-state index in [2.05, 4.69) is 15.6 Å². The first kappa shape index (κ1) is 15.9. The Bertz CT molecular complexity index is 902. The summed E-state index contributed by atoms with van der Waals surface area (Å²) < 4.78 is 51.3. The van der Waals surface area contributed by atoms with Gasteiger partial charge in [-0.1, -0.05) is 6.07 Å². The third-order valence-corrected chi connectivity index (χ3v) is 3.34. The van der Waals surface area contributed by atoms with E-state index >= 15 is 0 Å². The number of amides is 2. The molecular weight excluding hydrogens is 326 g/mol. The van der Waals surface area contributed by atoms with Gasteiger partial charge in [-0.3, -0.25) is 0 Å². The van der Waals surface area contributed by atoms with Gasteiger partial charge in [0.25, 0.3) is 0 Å². The zero-order valence-electron chi connectivity index (χ0n) is 12.0. The zero-order valence-corrected chi connectivity index (χ0v) is 12.0. The minimum atomic E-state index is -4.49. The minimum Gasteiger partial charge on any atom is -0.358 e. The van der Waals surface area contributed by atoms with Crippen molar-refractivity contribution in [1.82, 2.24) is 4.98 Å². The molecule has 0 aliphatic heterocycles. The summed E-state index contributed by atoms with van der Waals surface area (Å²) in [6.07, 6.45) is -3.30. The number of aromatic nitrogens is 1. The molecule has 0 aliphatic carbocycles. The number of rotatable bonds is 2. The molecule has 24 heavy (non-hydrogen) atoms. The van der Waals surface area contributed by atoms with Crippen LogP contribution < -0.4 is 10.6 Å². The topological polar surface area (TPSA) is 56.9 Å². The predicted molar refractivity (Wildman–Crippen MR) is 82.3 cm³/mol. The molecule has 0 spiro atoms. The van der Waals surface area contributed by atoms with Crippen LogP contribution in [0.1, 0.15) is 5.56 Å². The van der Waals surface area contributed by atoms with Crippen LogP contribution in [0.25, 0.3) is 10.9 Å². The van der Waals surface area contributed by atoms with E-state index in [4.69, 9.17) is 0 Å². The molecule has 4 nitrogen and oxygen atoms in total. The largest absolute Gasteiger partial charge is 0.416 e. The monoisotopic (exact) mass is 337 g/mol. The van der Waals surface area contributed by atoms with E-state index in [1.54, 1.807) is 0 Å². The van der Waals surface area contributed by atoms with E-state index < -0.39 is 23.6 Å². The van der Waals surface area contributed by atoms with Crippen LogP contribution in [0.15, 0.2) is 48.7 Å². The lowest BCUT2D eigenvalue weighted by Crippen LogP contribution is -2.19. The standard InChI is InChI=1S/C16H11F4N3O/c17-13-8-21-14-7-11(4-5-12(13)14)23-15(24)22-10-3-1-2-9(6-10)16(18,19)20/h1-8,21H,(H2,22,23,24). The number of fused-ring (bicyclic) bond motifs is 1. The number of halogens is 4. The lowest BCUT2D eigenvalue weighted by atomic mass is 10.2. The first-order valence-corrected chi connectivity index (χ1v) is 6.85. The lowest BCUT2D eigenvalue weighted by molar-refractivity contribution is -0.137. The Morgan fingerprint density at radius 3 is 2.42 bits per heavy atom. The molecule has 2 aromatic carbocycles. The van der Waals surface area contributed by atoms with Crippen LogP contribution in [-0.4, -0.2) is 11.0 Å². The molecule has 3 aromatic rings. The number of anilines is 2. The van der Waals surface area contributed by atoms with Crippen molar-refractivity contribution in [3.63, 3.8) is 0 Å². The van der Waals surface area contributed by atoms with E-state index in [0.717, 1.165) is 12.1 Å². The number of hydrogen-bond acceptors (Lipinski definition) is 1. The van der Waals surface area contributed by atoms with E-state index in [1.807, 2.05) is 0 Å². The van der Waals surface area contributed by atoms with Gasteiger partial charge >= 0.3 is 12.2 Å². The summed E-state index contributed by atoms with van der Waals surface area (Å²) in [5, 5.41) is 5.17. The molecule has 0 saturated heterocycles. The van der Waals surface area contributed by atoms with Crippen molar-refractivity contribution in [2.75, 3.05) is 10.6 Å². The molecule has 0 radical (unpaired) electrons. The van der Waals surface area contributed by atoms with Crippen LogP contribution in [0.2, 0.25) is 0 Å². The molecule has 0 aliphatic rings. The van der Waals surface area contributed by atoms with Crippen LogP contribution >= 0.6 is 0 Å². The maximum Gasteiger partial charge on any atom is 0.416 e.